The summed E-state index contributed by atoms with van der Waals surface area (Å²) in [5, 5.41) is 1.94. The Kier molecular flexibility index (Phi) is 3.53. The fourth-order valence-corrected chi connectivity index (χ4v) is 4.86. The summed E-state index contributed by atoms with van der Waals surface area (Å²) in [5.41, 5.74) is 6.17. The molecule has 2 aliphatic rings. The number of halogens is 1. The number of anilines is 2. The topological polar surface area (TPSA) is 39.3 Å². The highest BCUT2D eigenvalue weighted by Crippen LogP contribution is 2.47. The first-order valence-electron chi connectivity index (χ1n) is 9.76. The monoisotopic (exact) mass is 399 g/mol. The summed E-state index contributed by atoms with van der Waals surface area (Å²) in [6.07, 6.45) is 0.632. The van der Waals surface area contributed by atoms with Crippen LogP contribution in [0.25, 0.3) is 10.9 Å². The van der Waals surface area contributed by atoms with Crippen LogP contribution in [0, 0.1) is 0 Å². The summed E-state index contributed by atoms with van der Waals surface area (Å²) in [7, 11) is 0. The molecular formula is C24H18ClN3O. The van der Waals surface area contributed by atoms with Crippen molar-refractivity contribution in [2.75, 3.05) is 11.4 Å². The van der Waals surface area contributed by atoms with E-state index in [0.29, 0.717) is 11.6 Å². The van der Waals surface area contributed by atoms with E-state index in [0.717, 1.165) is 34.6 Å². The number of hydrogen-bond donors (Lipinski definition) is 1. The van der Waals surface area contributed by atoms with Gasteiger partial charge in [0.15, 0.2) is 6.17 Å². The molecule has 0 spiro atoms. The van der Waals surface area contributed by atoms with Gasteiger partial charge in [0.2, 0.25) is 0 Å². The first kappa shape index (κ1) is 16.7. The smallest absolute Gasteiger partial charge is 0.257 e. The zero-order valence-corrected chi connectivity index (χ0v) is 16.4. The summed E-state index contributed by atoms with van der Waals surface area (Å²) in [6.45, 7) is 0.691. The third-order valence-electron chi connectivity index (χ3n) is 6.01. The molecule has 0 fully saturated rings. The molecule has 1 N–H and O–H groups in total. The van der Waals surface area contributed by atoms with Crippen LogP contribution < -0.4 is 4.90 Å². The molecule has 0 bridgehead atoms. The zero-order valence-electron chi connectivity index (χ0n) is 15.6. The number of carbonyl (C=O) groups excluding carboxylic acids is 1. The van der Waals surface area contributed by atoms with Gasteiger partial charge in [-0.3, -0.25) is 4.79 Å². The van der Waals surface area contributed by atoms with Gasteiger partial charge >= 0.3 is 0 Å². The van der Waals surface area contributed by atoms with Crippen molar-refractivity contribution in [2.45, 2.75) is 12.6 Å². The number of hydrogen-bond acceptors (Lipinski definition) is 2. The van der Waals surface area contributed by atoms with Gasteiger partial charge in [-0.1, -0.05) is 41.9 Å². The number of carbonyl (C=O) groups is 1. The SMILES string of the molecule is O=C1c2ccccc2N(c2ccc(Cl)cc2)C2c3[nH]c4ccccc4c3CCN12. The van der Waals surface area contributed by atoms with Crippen LogP contribution in [0.4, 0.5) is 11.4 Å². The molecule has 0 radical (unpaired) electrons. The lowest BCUT2D eigenvalue weighted by molar-refractivity contribution is 0.0642. The molecule has 142 valence electrons. The minimum atomic E-state index is -0.213. The number of amides is 1. The molecular weight excluding hydrogens is 382 g/mol. The predicted molar refractivity (Wildman–Crippen MR) is 116 cm³/mol. The van der Waals surface area contributed by atoms with Crippen LogP contribution in [0.15, 0.2) is 72.8 Å². The molecule has 1 aromatic heterocycles. The molecule has 1 unspecified atom stereocenters. The highest BCUT2D eigenvalue weighted by Gasteiger charge is 2.43. The van der Waals surface area contributed by atoms with E-state index in [9.17, 15) is 4.79 Å². The lowest BCUT2D eigenvalue weighted by atomic mass is 9.95. The quantitative estimate of drug-likeness (QED) is 0.448. The van der Waals surface area contributed by atoms with Crippen molar-refractivity contribution in [1.82, 2.24) is 9.88 Å². The molecule has 1 atom stereocenters. The maximum atomic E-state index is 13.4. The van der Waals surface area contributed by atoms with Gasteiger partial charge in [-0.2, -0.15) is 0 Å². The Hall–Kier alpha value is -3.24. The van der Waals surface area contributed by atoms with E-state index in [1.165, 1.54) is 10.9 Å². The summed E-state index contributed by atoms with van der Waals surface area (Å²) in [6, 6.07) is 24.1. The Morgan fingerprint density at radius 2 is 1.69 bits per heavy atom. The molecule has 0 saturated carbocycles. The van der Waals surface area contributed by atoms with Crippen LogP contribution in [0.2, 0.25) is 5.02 Å². The number of benzene rings is 3. The fourth-order valence-electron chi connectivity index (χ4n) is 4.74. The van der Waals surface area contributed by atoms with Crippen molar-refractivity contribution in [3.05, 3.63) is 94.6 Å². The highest BCUT2D eigenvalue weighted by atomic mass is 35.5. The Morgan fingerprint density at radius 1 is 0.931 bits per heavy atom. The van der Waals surface area contributed by atoms with E-state index < -0.39 is 0 Å². The average Bonchev–Trinajstić information content (AvgIpc) is 3.14. The molecule has 1 amide bonds. The minimum absolute atomic E-state index is 0.0834. The third kappa shape index (κ3) is 2.36. The lowest BCUT2D eigenvalue weighted by Gasteiger charge is -2.47. The summed E-state index contributed by atoms with van der Waals surface area (Å²) in [4.78, 5) is 21.2. The van der Waals surface area contributed by atoms with Gasteiger partial charge in [0.05, 0.1) is 16.9 Å². The van der Waals surface area contributed by atoms with Gasteiger partial charge in [0.25, 0.3) is 5.91 Å². The first-order valence-corrected chi connectivity index (χ1v) is 10.1. The van der Waals surface area contributed by atoms with Gasteiger partial charge in [0, 0.05) is 28.2 Å². The number of H-pyrrole nitrogens is 1. The molecule has 2 aliphatic heterocycles. The minimum Gasteiger partial charge on any atom is -0.355 e. The molecule has 3 heterocycles. The zero-order chi connectivity index (χ0) is 19.5. The molecule has 29 heavy (non-hydrogen) atoms. The van der Waals surface area contributed by atoms with Gasteiger partial charge in [0.1, 0.15) is 0 Å². The maximum Gasteiger partial charge on any atom is 0.257 e. The second kappa shape index (κ2) is 6.13. The van der Waals surface area contributed by atoms with Crippen LogP contribution in [0.5, 0.6) is 0 Å². The van der Waals surface area contributed by atoms with Crippen molar-refractivity contribution in [3.63, 3.8) is 0 Å². The summed E-state index contributed by atoms with van der Waals surface area (Å²) < 4.78 is 0. The van der Waals surface area contributed by atoms with Gasteiger partial charge in [-0.15, -0.1) is 0 Å². The van der Waals surface area contributed by atoms with E-state index in [2.05, 4.69) is 28.1 Å². The van der Waals surface area contributed by atoms with Crippen LogP contribution in [-0.4, -0.2) is 22.3 Å². The fraction of sp³-hybridized carbons (Fsp3) is 0.125. The van der Waals surface area contributed by atoms with Gasteiger partial charge in [-0.25, -0.2) is 0 Å². The summed E-state index contributed by atoms with van der Waals surface area (Å²) >= 11 is 6.16. The largest absolute Gasteiger partial charge is 0.355 e. The van der Waals surface area contributed by atoms with Crippen LogP contribution >= 0.6 is 11.6 Å². The average molecular weight is 400 g/mol. The van der Waals surface area contributed by atoms with Crippen molar-refractivity contribution in [3.8, 4) is 0 Å². The number of para-hydroxylation sites is 2. The molecule has 0 saturated heterocycles. The van der Waals surface area contributed by atoms with E-state index >= 15 is 0 Å². The first-order chi connectivity index (χ1) is 14.2. The number of nitrogens with zero attached hydrogens (tertiary/aromatic N) is 2. The number of nitrogens with one attached hydrogen (secondary N) is 1. The number of rotatable bonds is 1. The molecule has 4 nitrogen and oxygen atoms in total. The number of aromatic nitrogens is 1. The maximum absolute atomic E-state index is 13.4. The predicted octanol–water partition coefficient (Wildman–Crippen LogP) is 5.67. The lowest BCUT2D eigenvalue weighted by Crippen LogP contribution is -2.50. The van der Waals surface area contributed by atoms with E-state index in [1.807, 2.05) is 59.5 Å². The van der Waals surface area contributed by atoms with Crippen LogP contribution in [-0.2, 0) is 6.42 Å². The Bertz CT molecular complexity index is 1260. The van der Waals surface area contributed by atoms with Crippen molar-refractivity contribution in [2.24, 2.45) is 0 Å². The van der Waals surface area contributed by atoms with Crippen LogP contribution in [0.1, 0.15) is 27.8 Å². The normalized spacial score (nSPS) is 17.8. The van der Waals surface area contributed by atoms with E-state index in [-0.39, 0.29) is 12.1 Å². The number of fused-ring (bicyclic) bond motifs is 6. The molecule has 3 aromatic carbocycles. The van der Waals surface area contributed by atoms with Crippen LogP contribution in [0.3, 0.4) is 0 Å². The Labute approximate surface area is 173 Å². The number of aromatic amines is 1. The van der Waals surface area contributed by atoms with E-state index in [4.69, 9.17) is 11.6 Å². The molecule has 5 heteroatoms. The molecule has 6 rings (SSSR count). The van der Waals surface area contributed by atoms with Crippen molar-refractivity contribution >= 4 is 39.8 Å². The standard InChI is InChI=1S/C24H18ClN3O/c25-15-9-11-16(12-10-15)28-21-8-4-2-6-19(21)24(29)27-14-13-18-17-5-1-3-7-20(17)26-22(18)23(27)28/h1-12,23,26H,13-14H2. The Morgan fingerprint density at radius 3 is 2.55 bits per heavy atom. The molecule has 0 aliphatic carbocycles. The van der Waals surface area contributed by atoms with Crippen molar-refractivity contribution < 1.29 is 4.79 Å². The van der Waals surface area contributed by atoms with E-state index in [1.54, 1.807) is 0 Å². The Balaban J connectivity index is 1.63. The highest BCUT2D eigenvalue weighted by molar-refractivity contribution is 6.30. The van der Waals surface area contributed by atoms with Gasteiger partial charge in [-0.05, 0) is 54.4 Å². The second-order valence-corrected chi connectivity index (χ2v) is 7.99. The second-order valence-electron chi connectivity index (χ2n) is 7.55. The summed E-state index contributed by atoms with van der Waals surface area (Å²) in [5.74, 6) is 0.0834. The molecule has 4 aromatic rings. The third-order valence-corrected chi connectivity index (χ3v) is 6.26. The van der Waals surface area contributed by atoms with Gasteiger partial charge < -0.3 is 14.8 Å². The van der Waals surface area contributed by atoms with Crippen molar-refractivity contribution in [1.29, 1.82) is 0 Å².